The van der Waals surface area contributed by atoms with E-state index < -0.39 is 4.92 Å². The number of hydrogen-bond donors (Lipinski definition) is 0. The average Bonchev–Trinajstić information content (AvgIpc) is 2.45. The molecule has 0 fully saturated rings. The molecule has 1 atom stereocenters. The topological polar surface area (TPSA) is 61.6 Å². The van der Waals surface area contributed by atoms with Crippen molar-refractivity contribution in [3.8, 4) is 11.5 Å². The van der Waals surface area contributed by atoms with E-state index in [1.54, 1.807) is 6.07 Å². The number of nitro groups is 1. The van der Waals surface area contributed by atoms with Gasteiger partial charge in [-0.2, -0.15) is 0 Å². The molecule has 1 aliphatic carbocycles. The summed E-state index contributed by atoms with van der Waals surface area (Å²) in [7, 11) is 1.47. The number of methoxy groups -OCH3 is 1. The first kappa shape index (κ1) is 13.1. The fraction of sp³-hybridized carbons (Fsp3) is 0.286. The van der Waals surface area contributed by atoms with Crippen molar-refractivity contribution in [3.05, 3.63) is 52.6 Å². The van der Waals surface area contributed by atoms with Gasteiger partial charge in [0.2, 0.25) is 0 Å². The smallest absolute Gasteiger partial charge is 0.273 e. The Morgan fingerprint density at radius 1 is 1.37 bits per heavy atom. The second-order valence-corrected chi connectivity index (χ2v) is 4.21. The maximum Gasteiger partial charge on any atom is 0.273 e. The molecule has 1 aromatic rings. The number of rotatable bonds is 5. The predicted octanol–water partition coefficient (Wildman–Crippen LogP) is 3.11. The predicted molar refractivity (Wildman–Crippen MR) is 71.5 cm³/mol. The van der Waals surface area contributed by atoms with Gasteiger partial charge < -0.3 is 9.47 Å². The molecular weight excluding hydrogens is 246 g/mol. The standard InChI is InChI=1S/C14H15NO4/c1-18-14-9-12(15(16)17)7-8-13(14)19-10-11-5-3-2-4-6-11/h2-5,7-9,11H,6,10H2,1H3. The Balaban J connectivity index is 2.05. The van der Waals surface area contributed by atoms with Crippen LogP contribution in [0.4, 0.5) is 5.69 Å². The number of non-ortho nitro benzene ring substituents is 1. The van der Waals surface area contributed by atoms with Gasteiger partial charge in [0.15, 0.2) is 11.5 Å². The molecule has 1 unspecified atom stereocenters. The third-order valence-corrected chi connectivity index (χ3v) is 2.88. The maximum atomic E-state index is 10.7. The Morgan fingerprint density at radius 3 is 2.84 bits per heavy atom. The molecule has 0 amide bonds. The van der Waals surface area contributed by atoms with Gasteiger partial charge in [0, 0.05) is 12.0 Å². The molecule has 0 aliphatic heterocycles. The van der Waals surface area contributed by atoms with Gasteiger partial charge >= 0.3 is 0 Å². The monoisotopic (exact) mass is 261 g/mol. The Kier molecular flexibility index (Phi) is 4.18. The van der Waals surface area contributed by atoms with Crippen molar-refractivity contribution >= 4 is 5.69 Å². The third-order valence-electron chi connectivity index (χ3n) is 2.88. The van der Waals surface area contributed by atoms with E-state index >= 15 is 0 Å². The van der Waals surface area contributed by atoms with E-state index in [2.05, 4.69) is 12.2 Å². The SMILES string of the molecule is COc1cc([N+](=O)[O-])ccc1OCC1C=CC=CC1. The zero-order valence-electron chi connectivity index (χ0n) is 10.6. The molecule has 1 aromatic carbocycles. The lowest BCUT2D eigenvalue weighted by Gasteiger charge is -2.15. The molecular formula is C14H15NO4. The van der Waals surface area contributed by atoms with Crippen LogP contribution in [0, 0.1) is 16.0 Å². The van der Waals surface area contributed by atoms with Crippen molar-refractivity contribution in [1.29, 1.82) is 0 Å². The van der Waals surface area contributed by atoms with Crippen LogP contribution in [-0.4, -0.2) is 18.6 Å². The third kappa shape index (κ3) is 3.34. The van der Waals surface area contributed by atoms with E-state index in [1.165, 1.54) is 19.2 Å². The van der Waals surface area contributed by atoms with E-state index in [0.717, 1.165) is 6.42 Å². The van der Waals surface area contributed by atoms with E-state index in [-0.39, 0.29) is 5.69 Å². The molecule has 0 heterocycles. The molecule has 5 nitrogen and oxygen atoms in total. The summed E-state index contributed by atoms with van der Waals surface area (Å²) in [5.74, 6) is 1.23. The number of allylic oxidation sites excluding steroid dienone is 3. The molecule has 0 spiro atoms. The van der Waals surface area contributed by atoms with Crippen LogP contribution < -0.4 is 9.47 Å². The van der Waals surface area contributed by atoms with Crippen LogP contribution in [0.2, 0.25) is 0 Å². The van der Waals surface area contributed by atoms with Gasteiger partial charge in [-0.1, -0.05) is 24.3 Å². The lowest BCUT2D eigenvalue weighted by molar-refractivity contribution is -0.384. The maximum absolute atomic E-state index is 10.7. The molecule has 0 radical (unpaired) electrons. The van der Waals surface area contributed by atoms with Gasteiger partial charge in [-0.25, -0.2) is 0 Å². The van der Waals surface area contributed by atoms with Crippen molar-refractivity contribution in [2.45, 2.75) is 6.42 Å². The normalized spacial score (nSPS) is 17.2. The van der Waals surface area contributed by atoms with E-state index in [0.29, 0.717) is 24.0 Å². The minimum Gasteiger partial charge on any atom is -0.493 e. The Morgan fingerprint density at radius 2 is 2.21 bits per heavy atom. The number of hydrogen-bond acceptors (Lipinski definition) is 4. The molecule has 0 bridgehead atoms. The molecule has 1 aliphatic rings. The van der Waals surface area contributed by atoms with E-state index in [9.17, 15) is 10.1 Å². The van der Waals surface area contributed by atoms with Crippen molar-refractivity contribution in [1.82, 2.24) is 0 Å². The van der Waals surface area contributed by atoms with Gasteiger partial charge in [-0.15, -0.1) is 0 Å². The summed E-state index contributed by atoms with van der Waals surface area (Å²) >= 11 is 0. The highest BCUT2D eigenvalue weighted by Gasteiger charge is 2.13. The van der Waals surface area contributed by atoms with E-state index in [4.69, 9.17) is 9.47 Å². The number of benzene rings is 1. The first-order chi connectivity index (χ1) is 9.20. The number of nitro benzene ring substituents is 1. The molecule has 0 saturated carbocycles. The van der Waals surface area contributed by atoms with Gasteiger partial charge in [-0.05, 0) is 12.5 Å². The second-order valence-electron chi connectivity index (χ2n) is 4.21. The minimum absolute atomic E-state index is 0.00954. The lowest BCUT2D eigenvalue weighted by atomic mass is 10.0. The fourth-order valence-corrected chi connectivity index (χ4v) is 1.84. The summed E-state index contributed by atoms with van der Waals surface area (Å²) in [6.45, 7) is 0.523. The quantitative estimate of drug-likeness (QED) is 0.603. The van der Waals surface area contributed by atoms with Crippen LogP contribution in [-0.2, 0) is 0 Å². The summed E-state index contributed by atoms with van der Waals surface area (Å²) < 4.78 is 10.8. The highest BCUT2D eigenvalue weighted by Crippen LogP contribution is 2.31. The summed E-state index contributed by atoms with van der Waals surface area (Å²) in [5, 5.41) is 10.7. The van der Waals surface area contributed by atoms with Crippen LogP contribution in [0.5, 0.6) is 11.5 Å². The van der Waals surface area contributed by atoms with Crippen molar-refractivity contribution in [2.75, 3.05) is 13.7 Å². The number of ether oxygens (including phenoxy) is 2. The molecule has 0 saturated heterocycles. The molecule has 19 heavy (non-hydrogen) atoms. The van der Waals surface area contributed by atoms with Crippen LogP contribution in [0.1, 0.15) is 6.42 Å². The zero-order chi connectivity index (χ0) is 13.7. The summed E-state index contributed by atoms with van der Waals surface area (Å²) in [6.07, 6.45) is 9.10. The Labute approximate surface area is 111 Å². The van der Waals surface area contributed by atoms with Crippen molar-refractivity contribution < 1.29 is 14.4 Å². The van der Waals surface area contributed by atoms with Gasteiger partial charge in [0.05, 0.1) is 24.7 Å². The molecule has 100 valence electrons. The van der Waals surface area contributed by atoms with Gasteiger partial charge in [0.1, 0.15) is 0 Å². The molecule has 0 aromatic heterocycles. The minimum atomic E-state index is -0.457. The first-order valence-electron chi connectivity index (χ1n) is 5.99. The van der Waals surface area contributed by atoms with Crippen LogP contribution >= 0.6 is 0 Å². The molecule has 0 N–H and O–H groups in total. The summed E-state index contributed by atoms with van der Waals surface area (Å²) in [5.41, 5.74) is -0.00954. The first-order valence-corrected chi connectivity index (χ1v) is 5.99. The zero-order valence-corrected chi connectivity index (χ0v) is 10.6. The van der Waals surface area contributed by atoms with Crippen molar-refractivity contribution in [3.63, 3.8) is 0 Å². The van der Waals surface area contributed by atoms with Crippen LogP contribution in [0.15, 0.2) is 42.5 Å². The lowest BCUT2D eigenvalue weighted by Crippen LogP contribution is -2.10. The van der Waals surface area contributed by atoms with Gasteiger partial charge in [0.25, 0.3) is 5.69 Å². The summed E-state index contributed by atoms with van der Waals surface area (Å²) in [4.78, 5) is 10.2. The average molecular weight is 261 g/mol. The van der Waals surface area contributed by atoms with Crippen LogP contribution in [0.3, 0.4) is 0 Å². The van der Waals surface area contributed by atoms with Crippen molar-refractivity contribution in [2.24, 2.45) is 5.92 Å². The highest BCUT2D eigenvalue weighted by molar-refractivity contribution is 5.48. The number of nitrogens with zero attached hydrogens (tertiary/aromatic N) is 1. The Bertz CT molecular complexity index is 522. The van der Waals surface area contributed by atoms with Crippen LogP contribution in [0.25, 0.3) is 0 Å². The molecule has 5 heteroatoms. The fourth-order valence-electron chi connectivity index (χ4n) is 1.84. The summed E-state index contributed by atoms with van der Waals surface area (Å²) in [6, 6.07) is 4.35. The van der Waals surface area contributed by atoms with Gasteiger partial charge in [-0.3, -0.25) is 10.1 Å². The van der Waals surface area contributed by atoms with E-state index in [1.807, 2.05) is 12.2 Å². The largest absolute Gasteiger partial charge is 0.493 e. The molecule has 2 rings (SSSR count). The second kappa shape index (κ2) is 6.04. The Hall–Kier alpha value is -2.30. The highest BCUT2D eigenvalue weighted by atomic mass is 16.6.